The second-order valence-electron chi connectivity index (χ2n) is 3.89. The molecule has 0 spiro atoms. The molecule has 17 heavy (non-hydrogen) atoms. The molecule has 1 unspecified atom stereocenters. The van der Waals surface area contributed by atoms with E-state index in [-0.39, 0.29) is 6.04 Å². The smallest absolute Gasteiger partial charge is 0.0702 e. The molecule has 2 aromatic rings. The van der Waals surface area contributed by atoms with E-state index in [0.717, 1.165) is 16.6 Å². The first-order valence-electron chi connectivity index (χ1n) is 5.55. The Balaban J connectivity index is 1.97. The van der Waals surface area contributed by atoms with Gasteiger partial charge in [-0.2, -0.15) is 0 Å². The fraction of sp³-hybridized carbons (Fsp3) is 0.231. The summed E-state index contributed by atoms with van der Waals surface area (Å²) in [7, 11) is 0. The van der Waals surface area contributed by atoms with E-state index >= 15 is 0 Å². The fourth-order valence-electron chi connectivity index (χ4n) is 1.78. The average Bonchev–Trinajstić information content (AvgIpc) is 2.78. The normalized spacial score (nSPS) is 12.6. The first kappa shape index (κ1) is 12.8. The minimum atomic E-state index is 0.228. The number of nitrogens with two attached hydrogens (primary N) is 1. The highest BCUT2D eigenvalue weighted by molar-refractivity contribution is 9.11. The molecule has 4 heteroatoms. The Bertz CT molecular complexity index is 455. The third-order valence-corrected chi connectivity index (χ3v) is 4.44. The van der Waals surface area contributed by atoms with Crippen molar-refractivity contribution in [1.82, 2.24) is 5.43 Å². The van der Waals surface area contributed by atoms with E-state index in [4.69, 9.17) is 5.84 Å². The van der Waals surface area contributed by atoms with Crippen LogP contribution in [0, 0.1) is 0 Å². The van der Waals surface area contributed by atoms with E-state index in [1.165, 1.54) is 10.4 Å². The molecular weight excluding hydrogens is 296 g/mol. The lowest BCUT2D eigenvalue weighted by Crippen LogP contribution is -2.27. The van der Waals surface area contributed by atoms with E-state index in [2.05, 4.69) is 57.8 Å². The van der Waals surface area contributed by atoms with Gasteiger partial charge in [-0.15, -0.1) is 11.3 Å². The monoisotopic (exact) mass is 310 g/mol. The van der Waals surface area contributed by atoms with Crippen LogP contribution in [0.15, 0.2) is 46.3 Å². The van der Waals surface area contributed by atoms with Crippen molar-refractivity contribution in [3.8, 4) is 0 Å². The van der Waals surface area contributed by atoms with Gasteiger partial charge in [0.2, 0.25) is 0 Å². The summed E-state index contributed by atoms with van der Waals surface area (Å²) in [6.07, 6.45) is 2.04. The summed E-state index contributed by atoms with van der Waals surface area (Å²) in [5.41, 5.74) is 4.24. The van der Waals surface area contributed by atoms with Crippen molar-refractivity contribution < 1.29 is 0 Å². The second-order valence-corrected chi connectivity index (χ2v) is 6.38. The Morgan fingerprint density at radius 3 is 2.53 bits per heavy atom. The molecule has 0 saturated heterocycles. The van der Waals surface area contributed by atoms with Gasteiger partial charge >= 0.3 is 0 Å². The third kappa shape index (κ3) is 3.64. The van der Waals surface area contributed by atoms with Gasteiger partial charge in [0.1, 0.15) is 0 Å². The van der Waals surface area contributed by atoms with Gasteiger partial charge in [-0.05, 0) is 46.5 Å². The van der Waals surface area contributed by atoms with Crippen LogP contribution < -0.4 is 11.3 Å². The van der Waals surface area contributed by atoms with Gasteiger partial charge < -0.3 is 0 Å². The first-order valence-corrected chi connectivity index (χ1v) is 7.16. The second kappa shape index (κ2) is 6.31. The molecule has 0 amide bonds. The van der Waals surface area contributed by atoms with Crippen molar-refractivity contribution in [2.75, 3.05) is 0 Å². The van der Waals surface area contributed by atoms with Crippen molar-refractivity contribution in [2.24, 2.45) is 5.84 Å². The molecule has 3 N–H and O–H groups in total. The van der Waals surface area contributed by atoms with Crippen LogP contribution in [0.3, 0.4) is 0 Å². The summed E-state index contributed by atoms with van der Waals surface area (Å²) >= 11 is 5.21. The van der Waals surface area contributed by atoms with Gasteiger partial charge in [0.15, 0.2) is 0 Å². The van der Waals surface area contributed by atoms with Crippen LogP contribution in [-0.2, 0) is 6.42 Å². The molecule has 90 valence electrons. The number of rotatable bonds is 5. The van der Waals surface area contributed by atoms with Gasteiger partial charge in [0, 0.05) is 4.88 Å². The van der Waals surface area contributed by atoms with Gasteiger partial charge in [-0.1, -0.05) is 30.3 Å². The summed E-state index contributed by atoms with van der Waals surface area (Å²) in [6, 6.07) is 14.9. The lowest BCUT2D eigenvalue weighted by molar-refractivity contribution is 0.524. The molecule has 0 aliphatic rings. The van der Waals surface area contributed by atoms with Crippen molar-refractivity contribution >= 4 is 27.3 Å². The zero-order chi connectivity index (χ0) is 12.1. The third-order valence-electron chi connectivity index (χ3n) is 2.70. The first-order chi connectivity index (χ1) is 8.29. The van der Waals surface area contributed by atoms with Crippen LogP contribution in [0.25, 0.3) is 0 Å². The molecule has 1 atom stereocenters. The maximum Gasteiger partial charge on any atom is 0.0702 e. The van der Waals surface area contributed by atoms with E-state index in [1.54, 1.807) is 11.3 Å². The number of benzene rings is 1. The van der Waals surface area contributed by atoms with Crippen LogP contribution in [0.5, 0.6) is 0 Å². The molecule has 1 aromatic carbocycles. The number of hydrazine groups is 1. The topological polar surface area (TPSA) is 38.0 Å². The highest BCUT2D eigenvalue weighted by Crippen LogP contribution is 2.29. The number of halogens is 1. The summed E-state index contributed by atoms with van der Waals surface area (Å²) in [6.45, 7) is 0. The molecular formula is C13H15BrN2S. The fourth-order valence-corrected chi connectivity index (χ4v) is 3.30. The Hall–Kier alpha value is -0.680. The van der Waals surface area contributed by atoms with Crippen LogP contribution >= 0.6 is 27.3 Å². The standard InChI is InChI=1S/C13H15BrN2S/c14-13-9-8-12(17-13)11(16-15)7-6-10-4-2-1-3-5-10/h1-5,8-9,11,16H,6-7,15H2. The Morgan fingerprint density at radius 2 is 1.94 bits per heavy atom. The summed E-state index contributed by atoms with van der Waals surface area (Å²) < 4.78 is 1.15. The maximum absolute atomic E-state index is 5.62. The molecule has 2 rings (SSSR count). The van der Waals surface area contributed by atoms with Gasteiger partial charge in [0.05, 0.1) is 9.83 Å². The molecule has 0 fully saturated rings. The van der Waals surface area contributed by atoms with Crippen molar-refractivity contribution in [3.05, 3.63) is 56.7 Å². The number of hydrogen-bond acceptors (Lipinski definition) is 3. The van der Waals surface area contributed by atoms with Crippen molar-refractivity contribution in [3.63, 3.8) is 0 Å². The number of aryl methyl sites for hydroxylation is 1. The minimum absolute atomic E-state index is 0.228. The molecule has 0 saturated carbocycles. The van der Waals surface area contributed by atoms with Crippen LogP contribution in [0.4, 0.5) is 0 Å². The Labute approximate surface area is 114 Å². The Morgan fingerprint density at radius 1 is 1.18 bits per heavy atom. The van der Waals surface area contributed by atoms with E-state index < -0.39 is 0 Å². The van der Waals surface area contributed by atoms with E-state index in [0.29, 0.717) is 0 Å². The minimum Gasteiger partial charge on any atom is -0.271 e. The lowest BCUT2D eigenvalue weighted by atomic mass is 10.0. The molecule has 0 radical (unpaired) electrons. The van der Waals surface area contributed by atoms with E-state index in [1.807, 2.05) is 6.07 Å². The van der Waals surface area contributed by atoms with Crippen LogP contribution in [0.1, 0.15) is 22.9 Å². The molecule has 0 bridgehead atoms. The molecule has 0 aliphatic heterocycles. The predicted octanol–water partition coefficient (Wildman–Crippen LogP) is 3.65. The van der Waals surface area contributed by atoms with E-state index in [9.17, 15) is 0 Å². The summed E-state index contributed by atoms with van der Waals surface area (Å²) in [5.74, 6) is 5.62. The molecule has 2 nitrogen and oxygen atoms in total. The average molecular weight is 311 g/mol. The van der Waals surface area contributed by atoms with Crippen LogP contribution in [0.2, 0.25) is 0 Å². The zero-order valence-corrected chi connectivity index (χ0v) is 11.8. The van der Waals surface area contributed by atoms with Crippen molar-refractivity contribution in [2.45, 2.75) is 18.9 Å². The largest absolute Gasteiger partial charge is 0.271 e. The molecule has 0 aliphatic carbocycles. The number of nitrogens with one attached hydrogen (secondary N) is 1. The van der Waals surface area contributed by atoms with Crippen molar-refractivity contribution in [1.29, 1.82) is 0 Å². The van der Waals surface area contributed by atoms with Gasteiger partial charge in [-0.3, -0.25) is 11.3 Å². The molecule has 1 aromatic heterocycles. The van der Waals surface area contributed by atoms with Gasteiger partial charge in [0.25, 0.3) is 0 Å². The molecule has 1 heterocycles. The summed E-state index contributed by atoms with van der Waals surface area (Å²) in [4.78, 5) is 1.27. The lowest BCUT2D eigenvalue weighted by Gasteiger charge is -2.13. The number of hydrogen-bond donors (Lipinski definition) is 2. The van der Waals surface area contributed by atoms with Crippen LogP contribution in [-0.4, -0.2) is 0 Å². The predicted molar refractivity (Wildman–Crippen MR) is 76.8 cm³/mol. The highest BCUT2D eigenvalue weighted by atomic mass is 79.9. The zero-order valence-electron chi connectivity index (χ0n) is 9.40. The highest BCUT2D eigenvalue weighted by Gasteiger charge is 2.11. The Kier molecular flexibility index (Phi) is 4.74. The quantitative estimate of drug-likeness (QED) is 0.653. The number of thiophene rings is 1. The maximum atomic E-state index is 5.62. The van der Waals surface area contributed by atoms with Gasteiger partial charge in [-0.25, -0.2) is 0 Å². The SMILES string of the molecule is NNC(CCc1ccccc1)c1ccc(Br)s1. The summed E-state index contributed by atoms with van der Waals surface area (Å²) in [5, 5.41) is 0.